The fourth-order valence-electron chi connectivity index (χ4n) is 2.23. The van der Waals surface area contributed by atoms with Crippen LogP contribution in [0.2, 0.25) is 0 Å². The van der Waals surface area contributed by atoms with Crippen LogP contribution in [0.1, 0.15) is 18.9 Å². The maximum Gasteiger partial charge on any atom is 0.191 e. The molecule has 4 heteroatoms. The van der Waals surface area contributed by atoms with Crippen molar-refractivity contribution in [3.8, 4) is 0 Å². The Balaban J connectivity index is 1.64. The van der Waals surface area contributed by atoms with Crippen LogP contribution in [0.3, 0.4) is 0 Å². The average molecular weight is 274 g/mol. The first-order chi connectivity index (χ1) is 9.69. The fourth-order valence-corrected chi connectivity index (χ4v) is 2.23. The highest BCUT2D eigenvalue weighted by Crippen LogP contribution is 2.28. The lowest BCUT2D eigenvalue weighted by molar-refractivity contribution is 0.331. The van der Waals surface area contributed by atoms with E-state index in [4.69, 9.17) is 0 Å². The molecule has 0 amide bonds. The van der Waals surface area contributed by atoms with Crippen molar-refractivity contribution < 1.29 is 0 Å². The zero-order valence-electron chi connectivity index (χ0n) is 12.8. The van der Waals surface area contributed by atoms with E-state index in [1.165, 1.54) is 12.0 Å². The number of guanidine groups is 1. The van der Waals surface area contributed by atoms with Crippen molar-refractivity contribution in [1.29, 1.82) is 0 Å². The molecular formula is C16H26N4. The summed E-state index contributed by atoms with van der Waals surface area (Å²) in [6, 6.07) is 11.2. The highest BCUT2D eigenvalue weighted by molar-refractivity contribution is 5.80. The second-order valence-corrected chi connectivity index (χ2v) is 5.69. The molecule has 1 aliphatic carbocycles. The Hall–Kier alpha value is -1.55. The molecule has 0 heterocycles. The summed E-state index contributed by atoms with van der Waals surface area (Å²) >= 11 is 0. The van der Waals surface area contributed by atoms with Crippen molar-refractivity contribution in [3.63, 3.8) is 0 Å². The van der Waals surface area contributed by atoms with Gasteiger partial charge in [-0.15, -0.1) is 0 Å². The summed E-state index contributed by atoms with van der Waals surface area (Å²) in [6.07, 6.45) is 1.26. The van der Waals surface area contributed by atoms with Gasteiger partial charge in [-0.05, 0) is 24.9 Å². The van der Waals surface area contributed by atoms with E-state index >= 15 is 0 Å². The van der Waals surface area contributed by atoms with E-state index in [0.717, 1.165) is 31.5 Å². The molecule has 1 aromatic rings. The topological polar surface area (TPSA) is 39.7 Å². The Morgan fingerprint density at radius 3 is 2.65 bits per heavy atom. The van der Waals surface area contributed by atoms with Crippen molar-refractivity contribution in [3.05, 3.63) is 35.9 Å². The molecular weight excluding hydrogens is 248 g/mol. The van der Waals surface area contributed by atoms with Crippen molar-refractivity contribution in [2.45, 2.75) is 25.9 Å². The molecule has 1 saturated carbocycles. The molecule has 20 heavy (non-hydrogen) atoms. The molecule has 1 aliphatic rings. The predicted octanol–water partition coefficient (Wildman–Crippen LogP) is 1.69. The van der Waals surface area contributed by atoms with E-state index in [2.05, 4.69) is 64.8 Å². The number of nitrogens with zero attached hydrogens (tertiary/aromatic N) is 2. The SMILES string of the molecule is CN=C(NCCN(C)Cc1ccccc1)NC1CC1C. The first-order valence-electron chi connectivity index (χ1n) is 7.38. The third-order valence-electron chi connectivity index (χ3n) is 3.74. The molecule has 0 spiro atoms. The first kappa shape index (κ1) is 14.9. The molecule has 0 radical (unpaired) electrons. The molecule has 2 atom stereocenters. The average Bonchev–Trinajstić information content (AvgIpc) is 3.14. The van der Waals surface area contributed by atoms with Gasteiger partial charge in [0.15, 0.2) is 5.96 Å². The highest BCUT2D eigenvalue weighted by Gasteiger charge is 2.33. The summed E-state index contributed by atoms with van der Waals surface area (Å²) in [5, 5.41) is 6.81. The van der Waals surface area contributed by atoms with Crippen LogP contribution < -0.4 is 10.6 Å². The molecule has 1 aromatic carbocycles. The summed E-state index contributed by atoms with van der Waals surface area (Å²) in [5.74, 6) is 1.71. The second kappa shape index (κ2) is 7.29. The zero-order chi connectivity index (χ0) is 14.4. The number of nitrogens with one attached hydrogen (secondary N) is 2. The highest BCUT2D eigenvalue weighted by atomic mass is 15.2. The Labute approximate surface area is 122 Å². The van der Waals surface area contributed by atoms with Gasteiger partial charge in [0.1, 0.15) is 0 Å². The molecule has 1 fully saturated rings. The van der Waals surface area contributed by atoms with Crippen LogP contribution in [0, 0.1) is 5.92 Å². The van der Waals surface area contributed by atoms with Crippen LogP contribution in [0.15, 0.2) is 35.3 Å². The quantitative estimate of drug-likeness (QED) is 0.612. The zero-order valence-corrected chi connectivity index (χ0v) is 12.8. The summed E-state index contributed by atoms with van der Waals surface area (Å²) in [4.78, 5) is 6.57. The second-order valence-electron chi connectivity index (χ2n) is 5.69. The fraction of sp³-hybridized carbons (Fsp3) is 0.562. The molecule has 2 N–H and O–H groups in total. The Morgan fingerprint density at radius 2 is 2.05 bits per heavy atom. The summed E-state index contributed by atoms with van der Waals surface area (Å²) in [6.45, 7) is 5.15. The van der Waals surface area contributed by atoms with Gasteiger partial charge in [-0.1, -0.05) is 37.3 Å². The number of benzene rings is 1. The maximum absolute atomic E-state index is 4.26. The third kappa shape index (κ3) is 4.85. The van der Waals surface area contributed by atoms with Gasteiger partial charge in [0.2, 0.25) is 0 Å². The van der Waals surface area contributed by atoms with Crippen molar-refractivity contribution in [1.82, 2.24) is 15.5 Å². The smallest absolute Gasteiger partial charge is 0.191 e. The molecule has 110 valence electrons. The van der Waals surface area contributed by atoms with Crippen molar-refractivity contribution in [2.75, 3.05) is 27.2 Å². The van der Waals surface area contributed by atoms with Gasteiger partial charge in [-0.25, -0.2) is 0 Å². The number of rotatable bonds is 6. The Morgan fingerprint density at radius 1 is 1.35 bits per heavy atom. The molecule has 0 aromatic heterocycles. The number of hydrogen-bond donors (Lipinski definition) is 2. The summed E-state index contributed by atoms with van der Waals surface area (Å²) in [7, 11) is 3.98. The van der Waals surface area contributed by atoms with E-state index < -0.39 is 0 Å². The number of hydrogen-bond acceptors (Lipinski definition) is 2. The largest absolute Gasteiger partial charge is 0.355 e. The molecule has 0 aliphatic heterocycles. The summed E-state index contributed by atoms with van der Waals surface area (Å²) in [5.41, 5.74) is 1.35. The van der Waals surface area contributed by atoms with Crippen LogP contribution in [0.5, 0.6) is 0 Å². The van der Waals surface area contributed by atoms with Crippen molar-refractivity contribution >= 4 is 5.96 Å². The number of aliphatic imine (C=N–C) groups is 1. The standard InChI is InChI=1S/C16H26N4/c1-13-11-15(13)19-16(17-2)18-9-10-20(3)12-14-7-5-4-6-8-14/h4-8,13,15H,9-12H2,1-3H3,(H2,17,18,19). The van der Waals surface area contributed by atoms with Crippen LogP contribution in [-0.4, -0.2) is 44.1 Å². The summed E-state index contributed by atoms with van der Waals surface area (Å²) < 4.78 is 0. The lowest BCUT2D eigenvalue weighted by Crippen LogP contribution is -2.42. The molecule has 4 nitrogen and oxygen atoms in total. The first-order valence-corrected chi connectivity index (χ1v) is 7.38. The normalized spacial score (nSPS) is 21.9. The molecule has 0 saturated heterocycles. The molecule has 2 unspecified atom stereocenters. The van der Waals surface area contributed by atoms with Crippen LogP contribution >= 0.6 is 0 Å². The van der Waals surface area contributed by atoms with Gasteiger partial charge in [0.25, 0.3) is 0 Å². The van der Waals surface area contributed by atoms with Gasteiger partial charge in [0.05, 0.1) is 0 Å². The molecule has 2 rings (SSSR count). The maximum atomic E-state index is 4.26. The van der Waals surface area contributed by atoms with E-state index in [9.17, 15) is 0 Å². The van der Waals surface area contributed by atoms with Crippen LogP contribution in [0.25, 0.3) is 0 Å². The lowest BCUT2D eigenvalue weighted by Gasteiger charge is -2.18. The van der Waals surface area contributed by atoms with Crippen LogP contribution in [-0.2, 0) is 6.54 Å². The van der Waals surface area contributed by atoms with E-state index in [-0.39, 0.29) is 0 Å². The molecule has 0 bridgehead atoms. The van der Waals surface area contributed by atoms with Gasteiger partial charge in [0, 0.05) is 32.7 Å². The number of likely N-dealkylation sites (N-methyl/N-ethyl adjacent to an activating group) is 1. The minimum Gasteiger partial charge on any atom is -0.355 e. The predicted molar refractivity (Wildman–Crippen MR) is 84.8 cm³/mol. The van der Waals surface area contributed by atoms with E-state index in [0.29, 0.717) is 6.04 Å². The monoisotopic (exact) mass is 274 g/mol. The van der Waals surface area contributed by atoms with E-state index in [1.54, 1.807) is 0 Å². The minimum absolute atomic E-state index is 0.614. The third-order valence-corrected chi connectivity index (χ3v) is 3.74. The lowest BCUT2D eigenvalue weighted by atomic mass is 10.2. The van der Waals surface area contributed by atoms with Gasteiger partial charge in [-0.3, -0.25) is 4.99 Å². The Kier molecular flexibility index (Phi) is 5.41. The van der Waals surface area contributed by atoms with Gasteiger partial charge >= 0.3 is 0 Å². The van der Waals surface area contributed by atoms with Gasteiger partial charge in [-0.2, -0.15) is 0 Å². The Bertz CT molecular complexity index is 429. The van der Waals surface area contributed by atoms with E-state index in [1.807, 2.05) is 7.05 Å². The van der Waals surface area contributed by atoms with Crippen molar-refractivity contribution in [2.24, 2.45) is 10.9 Å². The van der Waals surface area contributed by atoms with Gasteiger partial charge < -0.3 is 15.5 Å². The minimum atomic E-state index is 0.614. The van der Waals surface area contributed by atoms with Crippen LogP contribution in [0.4, 0.5) is 0 Å².